The Bertz CT molecular complexity index is 316. The third-order valence-electron chi connectivity index (χ3n) is 2.57. The highest BCUT2D eigenvalue weighted by molar-refractivity contribution is 6.76. The molecule has 0 heterocycles. The molecule has 0 radical (unpaired) electrons. The molecule has 0 saturated heterocycles. The average molecular weight is 242 g/mol. The zero-order valence-electron chi connectivity index (χ0n) is 9.90. The van der Waals surface area contributed by atoms with Gasteiger partial charge in [0.05, 0.1) is 18.4 Å². The monoisotopic (exact) mass is 242 g/mol. The number of carbonyl (C=O) groups excluding carboxylic acids is 1. The van der Waals surface area contributed by atoms with Gasteiger partial charge in [0, 0.05) is 8.07 Å². The van der Waals surface area contributed by atoms with Gasteiger partial charge in [0.1, 0.15) is 0 Å². The molecule has 1 aliphatic rings. The molecule has 1 N–H and O–H groups in total. The van der Waals surface area contributed by atoms with Crippen molar-refractivity contribution in [2.75, 3.05) is 6.61 Å². The van der Waals surface area contributed by atoms with E-state index in [-0.39, 0.29) is 0 Å². The minimum absolute atomic E-state index is 0.408. The molecule has 0 saturated carbocycles. The van der Waals surface area contributed by atoms with Crippen LogP contribution in [0.4, 0.5) is 0 Å². The van der Waals surface area contributed by atoms with E-state index in [2.05, 4.69) is 19.6 Å². The van der Waals surface area contributed by atoms with Gasteiger partial charge in [-0.05, 0) is 6.04 Å². The number of carbonyl (C=O) groups is 2. The summed E-state index contributed by atoms with van der Waals surface area (Å²) >= 11 is 0. The van der Waals surface area contributed by atoms with Crippen molar-refractivity contribution in [2.45, 2.75) is 25.7 Å². The van der Waals surface area contributed by atoms with Crippen molar-refractivity contribution in [1.29, 1.82) is 0 Å². The largest absolute Gasteiger partial charge is 0.481 e. The van der Waals surface area contributed by atoms with Gasteiger partial charge < -0.3 is 9.84 Å². The molecule has 0 unspecified atom stereocenters. The molecule has 4 nitrogen and oxygen atoms in total. The first-order valence-corrected chi connectivity index (χ1v) is 9.10. The first-order chi connectivity index (χ1) is 7.31. The normalized spacial score (nSPS) is 23.7. The van der Waals surface area contributed by atoms with E-state index >= 15 is 0 Å². The topological polar surface area (TPSA) is 63.6 Å². The quantitative estimate of drug-likeness (QED) is 0.453. The van der Waals surface area contributed by atoms with Crippen molar-refractivity contribution >= 4 is 20.0 Å². The molecule has 1 aliphatic carbocycles. The smallest absolute Gasteiger partial charge is 0.313 e. The lowest BCUT2D eigenvalue weighted by Gasteiger charge is -2.24. The number of aliphatic carboxylic acids is 1. The highest BCUT2D eigenvalue weighted by Gasteiger charge is 2.37. The highest BCUT2D eigenvalue weighted by atomic mass is 28.3. The standard InChI is InChI=1S/C11H18O4Si/c1-16(2,3)7-6-15-11(14)9-5-4-8(9)10(12)13/h4-5,8-9H,6-7H2,1-3H3,(H,12,13)/t8-,9+/m0/s1. The van der Waals surface area contributed by atoms with Crippen molar-refractivity contribution in [2.24, 2.45) is 11.8 Å². The lowest BCUT2D eigenvalue weighted by atomic mass is 9.82. The Balaban J connectivity index is 2.32. The summed E-state index contributed by atoms with van der Waals surface area (Å²) in [7, 11) is -1.20. The highest BCUT2D eigenvalue weighted by Crippen LogP contribution is 2.27. The molecule has 5 heteroatoms. The molecule has 0 aromatic carbocycles. The van der Waals surface area contributed by atoms with Crippen LogP contribution in [0.1, 0.15) is 0 Å². The minimum Gasteiger partial charge on any atom is -0.481 e. The van der Waals surface area contributed by atoms with Gasteiger partial charge in [-0.15, -0.1) is 0 Å². The zero-order chi connectivity index (χ0) is 12.3. The second-order valence-electron chi connectivity index (χ2n) is 5.25. The fourth-order valence-corrected chi connectivity index (χ4v) is 2.06. The fraction of sp³-hybridized carbons (Fsp3) is 0.636. The van der Waals surface area contributed by atoms with Gasteiger partial charge in [0.15, 0.2) is 0 Å². The maximum atomic E-state index is 11.5. The van der Waals surface area contributed by atoms with Gasteiger partial charge in [-0.1, -0.05) is 31.8 Å². The van der Waals surface area contributed by atoms with E-state index in [9.17, 15) is 9.59 Å². The van der Waals surface area contributed by atoms with Crippen LogP contribution in [0.5, 0.6) is 0 Å². The Hall–Kier alpha value is -1.10. The number of rotatable bonds is 5. The van der Waals surface area contributed by atoms with Crippen LogP contribution in [0.25, 0.3) is 0 Å². The molecule has 16 heavy (non-hydrogen) atoms. The molecule has 1 rings (SSSR count). The van der Waals surface area contributed by atoms with E-state index in [1.54, 1.807) is 6.08 Å². The van der Waals surface area contributed by atoms with Gasteiger partial charge in [-0.25, -0.2) is 0 Å². The van der Waals surface area contributed by atoms with Gasteiger partial charge in [0.2, 0.25) is 0 Å². The van der Waals surface area contributed by atoms with E-state index < -0.39 is 31.8 Å². The summed E-state index contributed by atoms with van der Waals surface area (Å²) in [5.41, 5.74) is 0. The number of hydrogen-bond donors (Lipinski definition) is 1. The van der Waals surface area contributed by atoms with E-state index in [0.717, 1.165) is 6.04 Å². The van der Waals surface area contributed by atoms with Crippen LogP contribution in [0, 0.1) is 11.8 Å². The van der Waals surface area contributed by atoms with Crippen LogP contribution < -0.4 is 0 Å². The summed E-state index contributed by atoms with van der Waals surface area (Å²) < 4.78 is 5.08. The Morgan fingerprint density at radius 2 is 1.81 bits per heavy atom. The first-order valence-electron chi connectivity index (χ1n) is 5.39. The summed E-state index contributed by atoms with van der Waals surface area (Å²) in [6, 6.07) is 0.910. The van der Waals surface area contributed by atoms with E-state index in [0.29, 0.717) is 6.61 Å². The second kappa shape index (κ2) is 4.82. The van der Waals surface area contributed by atoms with Gasteiger partial charge in [-0.3, -0.25) is 9.59 Å². The second-order valence-corrected chi connectivity index (χ2v) is 10.9. The Labute approximate surface area is 96.3 Å². The maximum absolute atomic E-state index is 11.5. The van der Waals surface area contributed by atoms with Gasteiger partial charge in [0.25, 0.3) is 0 Å². The number of carboxylic acids is 1. The molecule has 0 bridgehead atoms. The molecule has 90 valence electrons. The molecule has 2 atom stereocenters. The van der Waals surface area contributed by atoms with E-state index in [1.807, 2.05) is 0 Å². The van der Waals surface area contributed by atoms with Gasteiger partial charge >= 0.3 is 11.9 Å². The third kappa shape index (κ3) is 3.48. The summed E-state index contributed by atoms with van der Waals surface area (Å²) in [5.74, 6) is -2.65. The Morgan fingerprint density at radius 3 is 2.19 bits per heavy atom. The summed E-state index contributed by atoms with van der Waals surface area (Å²) in [5, 5.41) is 8.76. The summed E-state index contributed by atoms with van der Waals surface area (Å²) in [6.07, 6.45) is 3.11. The molecular weight excluding hydrogens is 224 g/mol. The van der Waals surface area contributed by atoms with Gasteiger partial charge in [-0.2, -0.15) is 0 Å². The molecule has 0 amide bonds. The zero-order valence-corrected chi connectivity index (χ0v) is 10.9. The number of ether oxygens (including phenoxy) is 1. The van der Waals surface area contributed by atoms with Crippen molar-refractivity contribution < 1.29 is 19.4 Å². The molecule has 0 fully saturated rings. The van der Waals surface area contributed by atoms with E-state index in [1.165, 1.54) is 6.08 Å². The van der Waals surface area contributed by atoms with Crippen LogP contribution >= 0.6 is 0 Å². The number of esters is 1. The summed E-state index contributed by atoms with van der Waals surface area (Å²) in [4.78, 5) is 22.2. The van der Waals surface area contributed by atoms with Crippen LogP contribution in [0.15, 0.2) is 12.2 Å². The molecule has 0 aromatic heterocycles. The van der Waals surface area contributed by atoms with E-state index in [4.69, 9.17) is 9.84 Å². The Kier molecular flexibility index (Phi) is 3.91. The van der Waals surface area contributed by atoms with Crippen LogP contribution in [-0.4, -0.2) is 31.7 Å². The fourth-order valence-electron chi connectivity index (χ4n) is 1.35. The predicted molar refractivity (Wildman–Crippen MR) is 62.9 cm³/mol. The number of hydrogen-bond acceptors (Lipinski definition) is 3. The van der Waals surface area contributed by atoms with Crippen LogP contribution in [0.3, 0.4) is 0 Å². The number of carboxylic acid groups (broad SMARTS) is 1. The van der Waals surface area contributed by atoms with Crippen molar-refractivity contribution in [1.82, 2.24) is 0 Å². The van der Waals surface area contributed by atoms with Crippen LogP contribution in [-0.2, 0) is 14.3 Å². The first kappa shape index (κ1) is 13.0. The lowest BCUT2D eigenvalue weighted by molar-refractivity contribution is -0.154. The Morgan fingerprint density at radius 1 is 1.25 bits per heavy atom. The lowest BCUT2D eigenvalue weighted by Crippen LogP contribution is -2.34. The third-order valence-corrected chi connectivity index (χ3v) is 4.27. The van der Waals surface area contributed by atoms with Crippen molar-refractivity contribution in [3.8, 4) is 0 Å². The van der Waals surface area contributed by atoms with Crippen LogP contribution in [0.2, 0.25) is 25.7 Å². The average Bonchev–Trinajstić information content (AvgIpc) is 1.97. The SMILES string of the molecule is C[Si](C)(C)CCOC(=O)[C@@H]1C=C[C@@H]1C(=O)O. The molecule has 0 aliphatic heterocycles. The maximum Gasteiger partial charge on any atom is 0.313 e. The molecular formula is C11H18O4Si. The van der Waals surface area contributed by atoms with Crippen molar-refractivity contribution in [3.05, 3.63) is 12.2 Å². The molecule has 0 aromatic rings. The van der Waals surface area contributed by atoms with Crippen molar-refractivity contribution in [3.63, 3.8) is 0 Å². The summed E-state index contributed by atoms with van der Waals surface area (Å²) in [6.45, 7) is 7.00. The minimum atomic E-state index is -1.20. The molecule has 0 spiro atoms. The predicted octanol–water partition coefficient (Wildman–Crippen LogP) is 1.75.